The molecule has 0 aliphatic rings. The SMILES string of the molecule is CCCCCCCCCC(Cl)(Cl)NC(C)C. The van der Waals surface area contributed by atoms with E-state index in [0.29, 0.717) is 6.04 Å². The van der Waals surface area contributed by atoms with Crippen LogP contribution in [0.5, 0.6) is 0 Å². The molecular weight excluding hydrogens is 241 g/mol. The van der Waals surface area contributed by atoms with Crippen LogP contribution < -0.4 is 5.32 Å². The number of unbranched alkanes of at least 4 members (excludes halogenated alkanes) is 6. The van der Waals surface area contributed by atoms with E-state index in [9.17, 15) is 0 Å². The summed E-state index contributed by atoms with van der Waals surface area (Å²) in [6.45, 7) is 6.36. The Morgan fingerprint density at radius 2 is 1.44 bits per heavy atom. The van der Waals surface area contributed by atoms with Crippen LogP contribution in [0.25, 0.3) is 0 Å². The Bertz CT molecular complexity index is 158. The maximum Gasteiger partial charge on any atom is 0.169 e. The van der Waals surface area contributed by atoms with Gasteiger partial charge in [-0.05, 0) is 26.7 Å². The van der Waals surface area contributed by atoms with Crippen molar-refractivity contribution in [3.05, 3.63) is 0 Å². The summed E-state index contributed by atoms with van der Waals surface area (Å²) in [5, 5.41) is 3.16. The second-order valence-electron chi connectivity index (χ2n) is 4.87. The lowest BCUT2D eigenvalue weighted by atomic mass is 10.1. The van der Waals surface area contributed by atoms with Gasteiger partial charge in [-0.1, -0.05) is 68.7 Å². The fourth-order valence-corrected chi connectivity index (χ4v) is 2.50. The fourth-order valence-electron chi connectivity index (χ4n) is 1.80. The van der Waals surface area contributed by atoms with Gasteiger partial charge in [0.25, 0.3) is 0 Å². The molecule has 0 aromatic rings. The van der Waals surface area contributed by atoms with Crippen molar-refractivity contribution >= 4 is 23.2 Å². The molecule has 0 saturated carbocycles. The summed E-state index contributed by atoms with van der Waals surface area (Å²) in [7, 11) is 0. The highest BCUT2D eigenvalue weighted by Gasteiger charge is 2.23. The Labute approximate surface area is 111 Å². The summed E-state index contributed by atoms with van der Waals surface area (Å²) in [5.74, 6) is 0. The first kappa shape index (κ1) is 16.5. The molecule has 0 radical (unpaired) electrons. The van der Waals surface area contributed by atoms with Crippen LogP contribution in [0.3, 0.4) is 0 Å². The van der Waals surface area contributed by atoms with E-state index < -0.39 is 4.46 Å². The largest absolute Gasteiger partial charge is 0.284 e. The summed E-state index contributed by atoms with van der Waals surface area (Å²) >= 11 is 12.3. The molecule has 1 nitrogen and oxygen atoms in total. The molecule has 0 aromatic heterocycles. The van der Waals surface area contributed by atoms with Gasteiger partial charge in [0, 0.05) is 6.04 Å². The summed E-state index contributed by atoms with van der Waals surface area (Å²) in [5.41, 5.74) is 0. The lowest BCUT2D eigenvalue weighted by molar-refractivity contribution is 0.467. The Morgan fingerprint density at radius 1 is 0.938 bits per heavy atom. The molecule has 0 fully saturated rings. The molecule has 98 valence electrons. The molecule has 1 N–H and O–H groups in total. The van der Waals surface area contributed by atoms with Gasteiger partial charge in [-0.3, -0.25) is 5.32 Å². The first-order chi connectivity index (χ1) is 7.48. The molecule has 0 spiro atoms. The number of alkyl halides is 2. The van der Waals surface area contributed by atoms with E-state index in [1.807, 2.05) is 0 Å². The molecule has 0 rings (SSSR count). The van der Waals surface area contributed by atoms with Crippen molar-refractivity contribution in [3.63, 3.8) is 0 Å². The van der Waals surface area contributed by atoms with E-state index in [-0.39, 0.29) is 0 Å². The van der Waals surface area contributed by atoms with Gasteiger partial charge < -0.3 is 0 Å². The molecule has 0 bridgehead atoms. The van der Waals surface area contributed by atoms with Crippen molar-refractivity contribution in [1.82, 2.24) is 5.32 Å². The van der Waals surface area contributed by atoms with Crippen LogP contribution in [0, 0.1) is 0 Å². The minimum absolute atomic E-state index is 0.333. The van der Waals surface area contributed by atoms with Crippen molar-refractivity contribution in [2.24, 2.45) is 0 Å². The van der Waals surface area contributed by atoms with Gasteiger partial charge in [0.1, 0.15) is 0 Å². The Morgan fingerprint density at radius 3 is 1.94 bits per heavy atom. The third-order valence-corrected chi connectivity index (χ3v) is 3.19. The van der Waals surface area contributed by atoms with Crippen molar-refractivity contribution in [2.75, 3.05) is 0 Å². The minimum atomic E-state index is -0.739. The Balaban J connectivity index is 3.36. The predicted octanol–water partition coefficient (Wildman–Crippen LogP) is 5.26. The number of hydrogen-bond acceptors (Lipinski definition) is 1. The molecular formula is C13H27Cl2N. The number of rotatable bonds is 10. The predicted molar refractivity (Wildman–Crippen MR) is 75.3 cm³/mol. The highest BCUT2D eigenvalue weighted by atomic mass is 35.5. The van der Waals surface area contributed by atoms with Gasteiger partial charge in [-0.15, -0.1) is 0 Å². The van der Waals surface area contributed by atoms with E-state index in [0.717, 1.165) is 12.8 Å². The van der Waals surface area contributed by atoms with Crippen LogP contribution in [0.15, 0.2) is 0 Å². The van der Waals surface area contributed by atoms with Crippen molar-refractivity contribution in [2.45, 2.75) is 82.6 Å². The molecule has 0 saturated heterocycles. The van der Waals surface area contributed by atoms with E-state index in [1.54, 1.807) is 0 Å². The summed E-state index contributed by atoms with van der Waals surface area (Å²) < 4.78 is -0.739. The average molecular weight is 268 g/mol. The number of hydrogen-bond donors (Lipinski definition) is 1. The van der Waals surface area contributed by atoms with Gasteiger partial charge in [-0.25, -0.2) is 0 Å². The molecule has 0 aliphatic carbocycles. The maximum atomic E-state index is 6.15. The standard InChI is InChI=1S/C13H27Cl2N/c1-4-5-6-7-8-9-10-11-13(14,15)16-12(2)3/h12,16H,4-11H2,1-3H3. The molecule has 16 heavy (non-hydrogen) atoms. The smallest absolute Gasteiger partial charge is 0.169 e. The average Bonchev–Trinajstić information content (AvgIpc) is 2.14. The lowest BCUT2D eigenvalue weighted by Gasteiger charge is -2.23. The number of nitrogens with one attached hydrogen (secondary N) is 1. The van der Waals surface area contributed by atoms with Gasteiger partial charge in [0.2, 0.25) is 0 Å². The van der Waals surface area contributed by atoms with Gasteiger partial charge >= 0.3 is 0 Å². The molecule has 0 amide bonds. The lowest BCUT2D eigenvalue weighted by Crippen LogP contribution is -2.39. The van der Waals surface area contributed by atoms with Crippen LogP contribution in [0.1, 0.15) is 72.1 Å². The summed E-state index contributed by atoms with van der Waals surface area (Å²) in [6, 6.07) is 0.333. The first-order valence-corrected chi connectivity index (χ1v) is 7.39. The zero-order valence-corrected chi connectivity index (χ0v) is 12.5. The fraction of sp³-hybridized carbons (Fsp3) is 1.00. The van der Waals surface area contributed by atoms with Gasteiger partial charge in [0.05, 0.1) is 0 Å². The summed E-state index contributed by atoms with van der Waals surface area (Å²) in [6.07, 6.45) is 9.89. The highest BCUT2D eigenvalue weighted by molar-refractivity contribution is 6.48. The molecule has 3 heteroatoms. The van der Waals surface area contributed by atoms with Crippen molar-refractivity contribution < 1.29 is 0 Å². The van der Waals surface area contributed by atoms with Crippen LogP contribution >= 0.6 is 23.2 Å². The van der Waals surface area contributed by atoms with E-state index in [1.165, 1.54) is 38.5 Å². The molecule has 0 atom stereocenters. The topological polar surface area (TPSA) is 12.0 Å². The van der Waals surface area contributed by atoms with Crippen LogP contribution in [-0.4, -0.2) is 10.5 Å². The van der Waals surface area contributed by atoms with Gasteiger partial charge in [0.15, 0.2) is 4.46 Å². The Hall–Kier alpha value is 0.540. The van der Waals surface area contributed by atoms with Crippen molar-refractivity contribution in [3.8, 4) is 0 Å². The maximum absolute atomic E-state index is 6.15. The van der Waals surface area contributed by atoms with Crippen molar-refractivity contribution in [1.29, 1.82) is 0 Å². The molecule has 0 aliphatic heterocycles. The third-order valence-electron chi connectivity index (χ3n) is 2.59. The first-order valence-electron chi connectivity index (χ1n) is 6.63. The zero-order valence-electron chi connectivity index (χ0n) is 11.0. The van der Waals surface area contributed by atoms with Crippen LogP contribution in [-0.2, 0) is 0 Å². The molecule has 0 aromatic carbocycles. The quantitative estimate of drug-likeness (QED) is 0.324. The monoisotopic (exact) mass is 267 g/mol. The second kappa shape index (κ2) is 9.56. The zero-order chi connectivity index (χ0) is 12.4. The molecule has 0 unspecified atom stereocenters. The minimum Gasteiger partial charge on any atom is -0.284 e. The third kappa shape index (κ3) is 11.0. The normalized spacial score (nSPS) is 12.4. The second-order valence-corrected chi connectivity index (χ2v) is 6.36. The van der Waals surface area contributed by atoms with Crippen LogP contribution in [0.2, 0.25) is 0 Å². The van der Waals surface area contributed by atoms with Crippen LogP contribution in [0.4, 0.5) is 0 Å². The van der Waals surface area contributed by atoms with Gasteiger partial charge in [-0.2, -0.15) is 0 Å². The van der Waals surface area contributed by atoms with E-state index in [4.69, 9.17) is 23.2 Å². The summed E-state index contributed by atoms with van der Waals surface area (Å²) in [4.78, 5) is 0. The van der Waals surface area contributed by atoms with E-state index in [2.05, 4.69) is 26.1 Å². The Kier molecular flexibility index (Phi) is 9.88. The molecule has 0 heterocycles. The van der Waals surface area contributed by atoms with E-state index >= 15 is 0 Å². The number of halogens is 2. The highest BCUT2D eigenvalue weighted by Crippen LogP contribution is 2.25.